The molecule has 4 aliphatic rings. The number of H-pyrrole nitrogens is 1. The number of anilines is 1. The van der Waals surface area contributed by atoms with Gasteiger partial charge in [0.2, 0.25) is 17.7 Å². The summed E-state index contributed by atoms with van der Waals surface area (Å²) in [6.07, 6.45) is 0.863. The smallest absolute Gasteiger partial charge is 0.305 e. The largest absolute Gasteiger partial charge is 0.325 e. The molecule has 3 amide bonds. The fourth-order valence-electron chi connectivity index (χ4n) is 6.74. The van der Waals surface area contributed by atoms with Gasteiger partial charge in [-0.1, -0.05) is 43.4 Å². The highest BCUT2D eigenvalue weighted by Crippen LogP contribution is 2.68. The number of para-hydroxylation sites is 1. The number of nitrogens with zero attached hydrogens (tertiary/aromatic N) is 1. The van der Waals surface area contributed by atoms with Gasteiger partial charge in [-0.25, -0.2) is 0 Å². The predicted molar refractivity (Wildman–Crippen MR) is 121 cm³/mol. The Hall–Kier alpha value is -2.39. The summed E-state index contributed by atoms with van der Waals surface area (Å²) in [7, 11) is 0. The summed E-state index contributed by atoms with van der Waals surface area (Å²) in [4.78, 5) is 56.4. The van der Waals surface area contributed by atoms with Crippen molar-refractivity contribution in [3.05, 3.63) is 44.9 Å². The summed E-state index contributed by atoms with van der Waals surface area (Å²) in [5.74, 6) is -1.07. The van der Waals surface area contributed by atoms with Gasteiger partial charge in [0.15, 0.2) is 0 Å². The van der Waals surface area contributed by atoms with E-state index < -0.39 is 0 Å². The summed E-state index contributed by atoms with van der Waals surface area (Å²) >= 11 is 2.94. The number of imide groups is 1. The van der Waals surface area contributed by atoms with E-state index in [0.717, 1.165) is 16.3 Å². The van der Waals surface area contributed by atoms with Crippen LogP contribution < -0.4 is 10.2 Å². The molecule has 9 heteroatoms. The van der Waals surface area contributed by atoms with Crippen molar-refractivity contribution in [3.8, 4) is 0 Å². The Morgan fingerprint density at radius 3 is 2.53 bits per heavy atom. The Morgan fingerprint density at radius 1 is 1.12 bits per heavy atom. The molecule has 2 aliphatic carbocycles. The van der Waals surface area contributed by atoms with Crippen molar-refractivity contribution in [3.63, 3.8) is 0 Å². The standard InChI is InChI=1S/C23H23N3O4S2/c1-23(2)16-11-8-12(17(16)31-19-18(23)32-22(30)25-19)15-14(11)20(28)26(21(15)29)9-13(27)24-10-6-4-3-5-7-10/h3-7,11-12,14-17H,8-9H2,1-2H3,(H,24,27)(H,25,30). The molecular formula is C23H23N3O4S2. The van der Waals surface area contributed by atoms with Gasteiger partial charge < -0.3 is 10.3 Å². The van der Waals surface area contributed by atoms with Crippen LogP contribution in [0.1, 0.15) is 25.1 Å². The first-order valence-corrected chi connectivity index (χ1v) is 12.6. The fourth-order valence-corrected chi connectivity index (χ4v) is 9.89. The summed E-state index contributed by atoms with van der Waals surface area (Å²) in [5, 5.41) is 3.89. The normalized spacial score (nSPS) is 33.8. The van der Waals surface area contributed by atoms with Gasteiger partial charge in [-0.3, -0.25) is 24.1 Å². The molecular weight excluding hydrogens is 446 g/mol. The van der Waals surface area contributed by atoms with Crippen LogP contribution in [0.15, 0.2) is 40.2 Å². The summed E-state index contributed by atoms with van der Waals surface area (Å²) in [5.41, 5.74) is 0.405. The van der Waals surface area contributed by atoms with E-state index in [-0.39, 0.29) is 69.4 Å². The molecule has 1 saturated heterocycles. The number of hydrogen-bond acceptors (Lipinski definition) is 6. The number of aromatic amines is 1. The Bertz CT molecular complexity index is 1200. The second kappa shape index (κ2) is 6.81. The third-order valence-electron chi connectivity index (χ3n) is 7.84. The van der Waals surface area contributed by atoms with Crippen molar-refractivity contribution in [1.29, 1.82) is 0 Å². The van der Waals surface area contributed by atoms with Crippen molar-refractivity contribution < 1.29 is 14.4 Å². The average Bonchev–Trinajstić information content (AvgIpc) is 3.47. The summed E-state index contributed by atoms with van der Waals surface area (Å²) < 4.78 is 0. The monoisotopic (exact) mass is 469 g/mol. The van der Waals surface area contributed by atoms with Gasteiger partial charge in [-0.05, 0) is 36.3 Å². The van der Waals surface area contributed by atoms with Gasteiger partial charge in [-0.15, -0.1) is 11.8 Å². The first-order chi connectivity index (χ1) is 15.3. The highest BCUT2D eigenvalue weighted by Gasteiger charge is 2.70. The third kappa shape index (κ3) is 2.67. The third-order valence-corrected chi connectivity index (χ3v) is 10.6. The number of likely N-dealkylation sites (tertiary alicyclic amines) is 1. The zero-order valence-corrected chi connectivity index (χ0v) is 19.3. The Morgan fingerprint density at radius 2 is 1.81 bits per heavy atom. The van der Waals surface area contributed by atoms with E-state index >= 15 is 0 Å². The van der Waals surface area contributed by atoms with Crippen molar-refractivity contribution in [2.24, 2.45) is 29.6 Å². The minimum Gasteiger partial charge on any atom is -0.325 e. The van der Waals surface area contributed by atoms with Gasteiger partial charge in [-0.2, -0.15) is 0 Å². The van der Waals surface area contributed by atoms with Crippen molar-refractivity contribution in [1.82, 2.24) is 9.88 Å². The lowest BCUT2D eigenvalue weighted by Gasteiger charge is -2.47. The van der Waals surface area contributed by atoms with E-state index in [1.54, 1.807) is 23.9 Å². The number of carbonyl (C=O) groups is 3. The van der Waals surface area contributed by atoms with Gasteiger partial charge >= 0.3 is 4.87 Å². The molecule has 0 radical (unpaired) electrons. The maximum absolute atomic E-state index is 13.4. The number of thiazole rings is 1. The van der Waals surface area contributed by atoms with Crippen LogP contribution >= 0.6 is 23.1 Å². The van der Waals surface area contributed by atoms with Crippen LogP contribution in [0.5, 0.6) is 0 Å². The molecule has 3 heterocycles. The Labute approximate surface area is 193 Å². The molecule has 1 aromatic carbocycles. The molecule has 166 valence electrons. The molecule has 2 N–H and O–H groups in total. The van der Waals surface area contributed by atoms with E-state index in [9.17, 15) is 19.2 Å². The van der Waals surface area contributed by atoms with Gasteiger partial charge in [0.25, 0.3) is 0 Å². The summed E-state index contributed by atoms with van der Waals surface area (Å²) in [6.45, 7) is 4.08. The van der Waals surface area contributed by atoms with Crippen LogP contribution in [0.3, 0.4) is 0 Å². The molecule has 2 aromatic rings. The molecule has 6 rings (SSSR count). The number of nitrogens with one attached hydrogen (secondary N) is 2. The number of fused-ring (bicyclic) bond motifs is 9. The molecule has 6 atom stereocenters. The molecule has 2 saturated carbocycles. The number of rotatable bonds is 3. The first-order valence-electron chi connectivity index (χ1n) is 10.9. The minimum absolute atomic E-state index is 0.0501. The van der Waals surface area contributed by atoms with Crippen LogP contribution in [-0.2, 0) is 19.8 Å². The predicted octanol–water partition coefficient (Wildman–Crippen LogP) is 2.69. The highest BCUT2D eigenvalue weighted by molar-refractivity contribution is 8.00. The average molecular weight is 470 g/mol. The second-order valence-electron chi connectivity index (χ2n) is 9.79. The number of benzene rings is 1. The van der Waals surface area contributed by atoms with Crippen molar-refractivity contribution in [2.75, 3.05) is 11.9 Å². The lowest BCUT2D eigenvalue weighted by molar-refractivity contribution is -0.143. The summed E-state index contributed by atoms with van der Waals surface area (Å²) in [6, 6.07) is 9.03. The Balaban J connectivity index is 1.27. The lowest BCUT2D eigenvalue weighted by Crippen LogP contribution is -2.48. The molecule has 2 aliphatic heterocycles. The van der Waals surface area contributed by atoms with E-state index in [1.165, 1.54) is 16.2 Å². The number of thioether (sulfide) groups is 1. The zero-order valence-electron chi connectivity index (χ0n) is 17.7. The second-order valence-corrected chi connectivity index (χ2v) is 12.0. The minimum atomic E-state index is -0.364. The van der Waals surface area contributed by atoms with Gasteiger partial charge in [0, 0.05) is 21.2 Å². The van der Waals surface area contributed by atoms with Crippen molar-refractivity contribution >= 4 is 46.5 Å². The molecule has 7 nitrogen and oxygen atoms in total. The quantitative estimate of drug-likeness (QED) is 0.674. The van der Waals surface area contributed by atoms with Gasteiger partial charge in [0.1, 0.15) is 6.54 Å². The number of aromatic nitrogens is 1. The maximum Gasteiger partial charge on any atom is 0.305 e. The molecule has 32 heavy (non-hydrogen) atoms. The van der Waals surface area contributed by atoms with Crippen LogP contribution in [0.4, 0.5) is 5.69 Å². The van der Waals surface area contributed by atoms with E-state index in [1.807, 2.05) is 18.2 Å². The molecule has 1 aromatic heterocycles. The number of hydrogen-bond donors (Lipinski definition) is 2. The van der Waals surface area contributed by atoms with Gasteiger partial charge in [0.05, 0.1) is 16.9 Å². The fraction of sp³-hybridized carbons (Fsp3) is 0.478. The molecule has 0 spiro atoms. The topological polar surface area (TPSA) is 99.3 Å². The molecule has 3 fully saturated rings. The first kappa shape index (κ1) is 20.2. The van der Waals surface area contributed by atoms with Crippen molar-refractivity contribution in [2.45, 2.75) is 36.0 Å². The van der Waals surface area contributed by atoms with Crippen LogP contribution in [0.2, 0.25) is 0 Å². The van der Waals surface area contributed by atoms with E-state index in [0.29, 0.717) is 5.69 Å². The Kier molecular flexibility index (Phi) is 4.30. The number of amides is 3. The van der Waals surface area contributed by atoms with Crippen LogP contribution in [-0.4, -0.2) is 39.4 Å². The van der Waals surface area contributed by atoms with Crippen LogP contribution in [0.25, 0.3) is 0 Å². The van der Waals surface area contributed by atoms with Crippen LogP contribution in [0, 0.1) is 29.6 Å². The zero-order chi connectivity index (χ0) is 22.4. The SMILES string of the molecule is CC1(C)c2sc(=O)[nH]c2SC2C3CC(C4C(=O)N(CC(=O)Nc5ccccc5)C(=O)C34)C21. The highest BCUT2D eigenvalue weighted by atomic mass is 32.2. The van der Waals surface area contributed by atoms with E-state index in [2.05, 4.69) is 24.1 Å². The lowest BCUT2D eigenvalue weighted by atomic mass is 9.64. The van der Waals surface area contributed by atoms with E-state index in [4.69, 9.17) is 0 Å². The number of carbonyl (C=O) groups excluding carboxylic acids is 3. The molecule has 6 unspecified atom stereocenters. The molecule has 2 bridgehead atoms. The maximum atomic E-state index is 13.4.